The van der Waals surface area contributed by atoms with Crippen molar-refractivity contribution >= 4 is 28.8 Å². The van der Waals surface area contributed by atoms with E-state index >= 15 is 0 Å². The third kappa shape index (κ3) is 5.11. The van der Waals surface area contributed by atoms with Gasteiger partial charge in [-0.15, -0.1) is 0 Å². The minimum Gasteiger partial charge on any atom is -0.497 e. The molecule has 0 saturated carbocycles. The Labute approximate surface area is 152 Å². The van der Waals surface area contributed by atoms with E-state index in [1.165, 1.54) is 13.0 Å². The average Bonchev–Trinajstić information content (AvgIpc) is 2.62. The van der Waals surface area contributed by atoms with Crippen LogP contribution in [-0.4, -0.2) is 26.0 Å². The number of carbonyl (C=O) groups is 2. The van der Waals surface area contributed by atoms with Gasteiger partial charge in [-0.3, -0.25) is 9.59 Å². The molecule has 0 saturated heterocycles. The molecule has 2 rings (SSSR count). The Bertz CT molecular complexity index is 826. The van der Waals surface area contributed by atoms with Crippen molar-refractivity contribution in [3.63, 3.8) is 0 Å². The number of anilines is 2. The van der Waals surface area contributed by atoms with Gasteiger partial charge >= 0.3 is 0 Å². The van der Waals surface area contributed by atoms with Crippen molar-refractivity contribution in [2.45, 2.75) is 13.8 Å². The molecule has 6 heteroatoms. The highest BCUT2D eigenvalue weighted by molar-refractivity contribution is 6.04. The van der Waals surface area contributed by atoms with E-state index in [2.05, 4.69) is 10.6 Å². The lowest BCUT2D eigenvalue weighted by Crippen LogP contribution is -2.09. The summed E-state index contributed by atoms with van der Waals surface area (Å²) in [6, 6.07) is 12.3. The third-order valence-corrected chi connectivity index (χ3v) is 3.65. The maximum absolute atomic E-state index is 12.3. The largest absolute Gasteiger partial charge is 0.497 e. The van der Waals surface area contributed by atoms with Crippen LogP contribution in [0.1, 0.15) is 19.4 Å². The van der Waals surface area contributed by atoms with Crippen molar-refractivity contribution in [1.29, 1.82) is 0 Å². The van der Waals surface area contributed by atoms with E-state index in [0.29, 0.717) is 22.9 Å². The molecule has 0 aliphatic rings. The van der Waals surface area contributed by atoms with E-state index in [1.54, 1.807) is 44.6 Å². The van der Waals surface area contributed by atoms with Crippen LogP contribution in [0.5, 0.6) is 11.5 Å². The summed E-state index contributed by atoms with van der Waals surface area (Å²) in [4.78, 5) is 23.3. The summed E-state index contributed by atoms with van der Waals surface area (Å²) >= 11 is 0. The number of carbonyl (C=O) groups excluding carboxylic acids is 2. The van der Waals surface area contributed by atoms with Crippen LogP contribution < -0.4 is 20.1 Å². The molecule has 0 bridgehead atoms. The zero-order chi connectivity index (χ0) is 19.1. The molecule has 0 heterocycles. The first-order chi connectivity index (χ1) is 12.4. The molecular weight excluding hydrogens is 332 g/mol. The molecule has 0 atom stereocenters. The molecule has 26 heavy (non-hydrogen) atoms. The summed E-state index contributed by atoms with van der Waals surface area (Å²) < 4.78 is 10.5. The van der Waals surface area contributed by atoms with E-state index in [4.69, 9.17) is 9.47 Å². The summed E-state index contributed by atoms with van der Waals surface area (Å²) in [5.74, 6) is 0.911. The summed E-state index contributed by atoms with van der Waals surface area (Å²) in [6.45, 7) is 3.28. The maximum atomic E-state index is 12.3. The molecule has 136 valence electrons. The predicted octanol–water partition coefficient (Wildman–Crippen LogP) is 3.70. The first kappa shape index (κ1) is 19.1. The molecular formula is C20H22N2O4. The number of hydrogen-bond acceptors (Lipinski definition) is 4. The lowest BCUT2D eigenvalue weighted by atomic mass is 10.1. The zero-order valence-electron chi connectivity index (χ0n) is 15.3. The van der Waals surface area contributed by atoms with Crippen LogP contribution in [0, 0.1) is 0 Å². The van der Waals surface area contributed by atoms with Crippen molar-refractivity contribution in [1.82, 2.24) is 0 Å². The van der Waals surface area contributed by atoms with Gasteiger partial charge in [0, 0.05) is 36.0 Å². The average molecular weight is 354 g/mol. The van der Waals surface area contributed by atoms with Gasteiger partial charge in [-0.1, -0.05) is 0 Å². The van der Waals surface area contributed by atoms with Crippen LogP contribution >= 0.6 is 0 Å². The van der Waals surface area contributed by atoms with Crippen molar-refractivity contribution in [3.8, 4) is 11.5 Å². The van der Waals surface area contributed by atoms with E-state index in [1.807, 2.05) is 19.1 Å². The number of amides is 2. The summed E-state index contributed by atoms with van der Waals surface area (Å²) in [7, 11) is 3.16. The van der Waals surface area contributed by atoms with Gasteiger partial charge < -0.3 is 20.1 Å². The fourth-order valence-corrected chi connectivity index (χ4v) is 2.42. The number of ether oxygens (including phenoxy) is 2. The van der Waals surface area contributed by atoms with E-state index in [-0.39, 0.29) is 11.8 Å². The molecule has 2 N–H and O–H groups in total. The van der Waals surface area contributed by atoms with Crippen molar-refractivity contribution < 1.29 is 19.1 Å². The Kier molecular flexibility index (Phi) is 6.38. The lowest BCUT2D eigenvalue weighted by Gasteiger charge is -2.11. The summed E-state index contributed by atoms with van der Waals surface area (Å²) in [6.07, 6.45) is 1.51. The Morgan fingerprint density at radius 2 is 1.50 bits per heavy atom. The monoisotopic (exact) mass is 354 g/mol. The fraction of sp³-hybridized carbons (Fsp3) is 0.200. The highest BCUT2D eigenvalue weighted by Gasteiger charge is 2.09. The smallest absolute Gasteiger partial charge is 0.248 e. The summed E-state index contributed by atoms with van der Waals surface area (Å²) in [5, 5.41) is 5.46. The predicted molar refractivity (Wildman–Crippen MR) is 103 cm³/mol. The third-order valence-electron chi connectivity index (χ3n) is 3.65. The van der Waals surface area contributed by atoms with E-state index in [0.717, 1.165) is 11.1 Å². The van der Waals surface area contributed by atoms with Crippen LogP contribution in [0.15, 0.2) is 48.5 Å². The minimum absolute atomic E-state index is 0.145. The second kappa shape index (κ2) is 8.71. The van der Waals surface area contributed by atoms with Crippen LogP contribution in [0.3, 0.4) is 0 Å². The summed E-state index contributed by atoms with van der Waals surface area (Å²) in [5.41, 5.74) is 2.88. The molecule has 2 aromatic carbocycles. The van der Waals surface area contributed by atoms with Gasteiger partial charge in [-0.2, -0.15) is 0 Å². The SMILES string of the molecule is COc1ccc(/C(C)=C/C(=O)Nc2ccc(NC(C)=O)cc2)c(OC)c1. The number of benzene rings is 2. The maximum Gasteiger partial charge on any atom is 0.248 e. The van der Waals surface area contributed by atoms with Gasteiger partial charge in [0.25, 0.3) is 0 Å². The normalized spacial score (nSPS) is 10.8. The number of methoxy groups -OCH3 is 2. The molecule has 0 radical (unpaired) electrons. The number of hydrogen-bond donors (Lipinski definition) is 2. The lowest BCUT2D eigenvalue weighted by molar-refractivity contribution is -0.114. The second-order valence-corrected chi connectivity index (χ2v) is 5.64. The van der Waals surface area contributed by atoms with Gasteiger partial charge in [0.15, 0.2) is 0 Å². The highest BCUT2D eigenvalue weighted by atomic mass is 16.5. The molecule has 0 aliphatic carbocycles. The van der Waals surface area contributed by atoms with Crippen LogP contribution in [0.4, 0.5) is 11.4 Å². The molecule has 0 aromatic heterocycles. The van der Waals surface area contributed by atoms with Gasteiger partial charge in [0.1, 0.15) is 11.5 Å². The fourth-order valence-electron chi connectivity index (χ4n) is 2.42. The first-order valence-electron chi connectivity index (χ1n) is 8.02. The molecule has 6 nitrogen and oxygen atoms in total. The number of allylic oxidation sites excluding steroid dienone is 1. The molecule has 2 amide bonds. The standard InChI is InChI=1S/C20H22N2O4/c1-13(18-10-9-17(25-3)12-19(18)26-4)11-20(24)22-16-7-5-15(6-8-16)21-14(2)23/h5-12H,1-4H3,(H,21,23)(H,22,24)/b13-11+. The first-order valence-corrected chi connectivity index (χ1v) is 8.02. The quantitative estimate of drug-likeness (QED) is 0.776. The molecule has 0 aliphatic heterocycles. The number of nitrogens with one attached hydrogen (secondary N) is 2. The highest BCUT2D eigenvalue weighted by Crippen LogP contribution is 2.29. The van der Waals surface area contributed by atoms with Gasteiger partial charge in [-0.05, 0) is 48.9 Å². The van der Waals surface area contributed by atoms with E-state index in [9.17, 15) is 9.59 Å². The molecule has 0 fully saturated rings. The Balaban J connectivity index is 2.11. The Morgan fingerprint density at radius 1 is 0.885 bits per heavy atom. The molecule has 2 aromatic rings. The molecule has 0 unspecified atom stereocenters. The van der Waals surface area contributed by atoms with Crippen molar-refractivity contribution in [3.05, 3.63) is 54.1 Å². The number of rotatable bonds is 6. The second-order valence-electron chi connectivity index (χ2n) is 5.64. The van der Waals surface area contributed by atoms with Gasteiger partial charge in [0.2, 0.25) is 11.8 Å². The topological polar surface area (TPSA) is 76.7 Å². The van der Waals surface area contributed by atoms with Crippen molar-refractivity contribution in [2.75, 3.05) is 24.9 Å². The zero-order valence-corrected chi connectivity index (χ0v) is 15.3. The Morgan fingerprint density at radius 3 is 2.04 bits per heavy atom. The van der Waals surface area contributed by atoms with E-state index < -0.39 is 0 Å². The Hall–Kier alpha value is -3.28. The minimum atomic E-state index is -0.257. The van der Waals surface area contributed by atoms with Crippen molar-refractivity contribution in [2.24, 2.45) is 0 Å². The van der Waals surface area contributed by atoms with Gasteiger partial charge in [-0.25, -0.2) is 0 Å². The van der Waals surface area contributed by atoms with Crippen LogP contribution in [-0.2, 0) is 9.59 Å². The van der Waals surface area contributed by atoms with Gasteiger partial charge in [0.05, 0.1) is 14.2 Å². The van der Waals surface area contributed by atoms with Crippen LogP contribution in [0.25, 0.3) is 5.57 Å². The molecule has 0 spiro atoms. The van der Waals surface area contributed by atoms with Crippen LogP contribution in [0.2, 0.25) is 0 Å².